The van der Waals surface area contributed by atoms with Crippen LogP contribution in [0.25, 0.3) is 0 Å². The molecule has 0 aliphatic heterocycles. The van der Waals surface area contributed by atoms with Gasteiger partial charge in [-0.2, -0.15) is 0 Å². The quantitative estimate of drug-likeness (QED) is 0.176. The smallest absolute Gasteiger partial charge is 0.264 e. The number of benzene rings is 4. The Hall–Kier alpha value is -3.56. The van der Waals surface area contributed by atoms with E-state index in [1.54, 1.807) is 42.5 Å². The Kier molecular flexibility index (Phi) is 11.3. The highest BCUT2D eigenvalue weighted by Crippen LogP contribution is 2.30. The first-order chi connectivity index (χ1) is 20.9. The summed E-state index contributed by atoms with van der Waals surface area (Å²) >= 11 is 18.7. The van der Waals surface area contributed by atoms with Crippen molar-refractivity contribution in [3.63, 3.8) is 0 Å². The molecule has 0 saturated carbocycles. The van der Waals surface area contributed by atoms with Crippen molar-refractivity contribution in [1.82, 2.24) is 10.2 Å². The van der Waals surface area contributed by atoms with Gasteiger partial charge in [-0.15, -0.1) is 0 Å². The number of nitrogens with zero attached hydrogens (tertiary/aromatic N) is 2. The van der Waals surface area contributed by atoms with Crippen molar-refractivity contribution in [2.24, 2.45) is 0 Å². The summed E-state index contributed by atoms with van der Waals surface area (Å²) in [6.07, 6.45) is 0.202. The van der Waals surface area contributed by atoms with Gasteiger partial charge in [0, 0.05) is 34.1 Å². The lowest BCUT2D eigenvalue weighted by molar-refractivity contribution is -0.140. The van der Waals surface area contributed by atoms with Crippen molar-refractivity contribution in [3.8, 4) is 0 Å². The summed E-state index contributed by atoms with van der Waals surface area (Å²) in [5.74, 6) is -0.968. The van der Waals surface area contributed by atoms with Crippen LogP contribution in [0.4, 0.5) is 5.69 Å². The van der Waals surface area contributed by atoms with E-state index in [9.17, 15) is 18.0 Å². The molecule has 0 radical (unpaired) electrons. The standard InChI is InChI=1S/C33H32Cl3N3O4S/c1-23(2)37-33(41)31(17-24-9-5-3-6-10-24)38(21-25-13-15-26(34)16-14-25)32(40)22-39(29-19-27(35)18-28(36)20-29)44(42,43)30-11-7-4-8-12-30/h3-16,18-20,23,31H,17,21-22H2,1-2H3,(H,37,41)/t31-/m0/s1. The van der Waals surface area contributed by atoms with Gasteiger partial charge in [0.2, 0.25) is 11.8 Å². The second-order valence-corrected chi connectivity index (χ2v) is 13.6. The Labute approximate surface area is 273 Å². The molecule has 0 aliphatic carbocycles. The van der Waals surface area contributed by atoms with Crippen LogP contribution in [0.15, 0.2) is 108 Å². The molecule has 0 saturated heterocycles. The minimum Gasteiger partial charge on any atom is -0.352 e. The summed E-state index contributed by atoms with van der Waals surface area (Å²) in [7, 11) is -4.27. The SMILES string of the molecule is CC(C)NC(=O)[C@H](Cc1ccccc1)N(Cc1ccc(Cl)cc1)C(=O)CN(c1cc(Cl)cc(Cl)c1)S(=O)(=O)c1ccccc1. The fraction of sp³-hybridized carbons (Fsp3) is 0.212. The maximum atomic E-state index is 14.4. The number of hydrogen-bond donors (Lipinski definition) is 1. The number of hydrogen-bond acceptors (Lipinski definition) is 4. The normalized spacial score (nSPS) is 12.0. The van der Waals surface area contributed by atoms with Crippen LogP contribution in [-0.4, -0.2) is 43.8 Å². The zero-order valence-corrected chi connectivity index (χ0v) is 27.2. The van der Waals surface area contributed by atoms with Gasteiger partial charge in [-0.05, 0) is 67.4 Å². The van der Waals surface area contributed by atoms with Crippen LogP contribution in [0.1, 0.15) is 25.0 Å². The second kappa shape index (κ2) is 14.9. The van der Waals surface area contributed by atoms with Gasteiger partial charge in [0.15, 0.2) is 0 Å². The molecule has 0 spiro atoms. The molecule has 0 fully saturated rings. The highest BCUT2D eigenvalue weighted by atomic mass is 35.5. The number of halogens is 3. The maximum absolute atomic E-state index is 14.4. The number of anilines is 1. The van der Waals surface area contributed by atoms with Crippen molar-refractivity contribution in [2.75, 3.05) is 10.8 Å². The summed E-state index contributed by atoms with van der Waals surface area (Å²) in [5, 5.41) is 3.84. The Balaban J connectivity index is 1.82. The predicted molar refractivity (Wildman–Crippen MR) is 177 cm³/mol. The van der Waals surface area contributed by atoms with E-state index in [2.05, 4.69) is 5.32 Å². The lowest BCUT2D eigenvalue weighted by atomic mass is 10.0. The van der Waals surface area contributed by atoms with Crippen molar-refractivity contribution < 1.29 is 18.0 Å². The topological polar surface area (TPSA) is 86.8 Å². The van der Waals surface area contributed by atoms with Crippen LogP contribution < -0.4 is 9.62 Å². The third kappa shape index (κ3) is 8.76. The molecule has 0 heterocycles. The van der Waals surface area contributed by atoms with Gasteiger partial charge in [0.25, 0.3) is 10.0 Å². The molecule has 0 unspecified atom stereocenters. The first-order valence-corrected chi connectivity index (χ1v) is 16.4. The highest BCUT2D eigenvalue weighted by Gasteiger charge is 2.35. The zero-order valence-electron chi connectivity index (χ0n) is 24.2. The van der Waals surface area contributed by atoms with E-state index in [1.807, 2.05) is 44.2 Å². The van der Waals surface area contributed by atoms with Crippen LogP contribution >= 0.6 is 34.8 Å². The molecule has 1 N–H and O–H groups in total. The largest absolute Gasteiger partial charge is 0.352 e. The highest BCUT2D eigenvalue weighted by molar-refractivity contribution is 7.92. The average molecular weight is 673 g/mol. The van der Waals surface area contributed by atoms with E-state index in [0.29, 0.717) is 10.6 Å². The van der Waals surface area contributed by atoms with Crippen LogP contribution in [0.3, 0.4) is 0 Å². The number of rotatable bonds is 12. The molecule has 1 atom stereocenters. The molecule has 0 bridgehead atoms. The van der Waals surface area contributed by atoms with Gasteiger partial charge in [-0.25, -0.2) is 8.42 Å². The lowest BCUT2D eigenvalue weighted by Crippen LogP contribution is -2.54. The van der Waals surface area contributed by atoms with E-state index in [1.165, 1.54) is 35.2 Å². The van der Waals surface area contributed by atoms with Crippen molar-refractivity contribution in [3.05, 3.63) is 129 Å². The molecular weight excluding hydrogens is 641 g/mol. The van der Waals surface area contributed by atoms with E-state index in [4.69, 9.17) is 34.8 Å². The van der Waals surface area contributed by atoms with Gasteiger partial charge in [-0.3, -0.25) is 13.9 Å². The van der Waals surface area contributed by atoms with Crippen molar-refractivity contribution in [2.45, 2.75) is 43.8 Å². The summed E-state index contributed by atoms with van der Waals surface area (Å²) in [5.41, 5.74) is 1.65. The Morgan fingerprint density at radius 3 is 1.89 bits per heavy atom. The third-order valence-electron chi connectivity index (χ3n) is 6.71. The van der Waals surface area contributed by atoms with Crippen LogP contribution in [0.2, 0.25) is 15.1 Å². The molecular formula is C33H32Cl3N3O4S. The molecule has 4 aromatic rings. The summed E-state index contributed by atoms with van der Waals surface area (Å²) in [4.78, 5) is 29.5. The molecule has 2 amide bonds. The summed E-state index contributed by atoms with van der Waals surface area (Å²) < 4.78 is 29.0. The molecule has 7 nitrogen and oxygen atoms in total. The first-order valence-electron chi connectivity index (χ1n) is 13.9. The van der Waals surface area contributed by atoms with Crippen molar-refractivity contribution >= 4 is 62.3 Å². The molecule has 11 heteroatoms. The van der Waals surface area contributed by atoms with Crippen LogP contribution in [-0.2, 0) is 32.6 Å². The molecule has 4 rings (SSSR count). The van der Waals surface area contributed by atoms with E-state index >= 15 is 0 Å². The van der Waals surface area contributed by atoms with Gasteiger partial charge in [-0.1, -0.05) is 95.5 Å². The summed E-state index contributed by atoms with van der Waals surface area (Å²) in [6.45, 7) is 3.07. The lowest BCUT2D eigenvalue weighted by Gasteiger charge is -2.34. The van der Waals surface area contributed by atoms with E-state index < -0.39 is 28.5 Å². The molecule has 0 aromatic heterocycles. The Bertz CT molecular complexity index is 1670. The molecule has 0 aliphatic rings. The number of nitrogens with one attached hydrogen (secondary N) is 1. The number of amides is 2. The third-order valence-corrected chi connectivity index (χ3v) is 9.19. The van der Waals surface area contributed by atoms with E-state index in [0.717, 1.165) is 9.87 Å². The molecule has 230 valence electrons. The van der Waals surface area contributed by atoms with Gasteiger partial charge in [0.1, 0.15) is 12.6 Å². The molecule has 44 heavy (non-hydrogen) atoms. The van der Waals surface area contributed by atoms with Crippen LogP contribution in [0.5, 0.6) is 0 Å². The number of sulfonamides is 1. The average Bonchev–Trinajstić information content (AvgIpc) is 2.98. The monoisotopic (exact) mass is 671 g/mol. The van der Waals surface area contributed by atoms with Gasteiger partial charge < -0.3 is 10.2 Å². The van der Waals surface area contributed by atoms with Gasteiger partial charge in [0.05, 0.1) is 10.6 Å². The Morgan fingerprint density at radius 2 is 1.32 bits per heavy atom. The first kappa shape index (κ1) is 33.3. The van der Waals surface area contributed by atoms with Gasteiger partial charge >= 0.3 is 0 Å². The minimum atomic E-state index is -4.27. The summed E-state index contributed by atoms with van der Waals surface area (Å²) in [6, 6.07) is 27.2. The fourth-order valence-corrected chi connectivity index (χ4v) is 6.71. The number of carbonyl (C=O) groups is 2. The maximum Gasteiger partial charge on any atom is 0.264 e. The van der Waals surface area contributed by atoms with E-state index in [-0.39, 0.29) is 45.5 Å². The van der Waals surface area contributed by atoms with Crippen molar-refractivity contribution in [1.29, 1.82) is 0 Å². The predicted octanol–water partition coefficient (Wildman–Crippen LogP) is 7.01. The fourth-order valence-electron chi connectivity index (χ4n) is 4.65. The number of carbonyl (C=O) groups excluding carboxylic acids is 2. The molecule has 4 aromatic carbocycles. The minimum absolute atomic E-state index is 0.0217. The van der Waals surface area contributed by atoms with Crippen LogP contribution in [0, 0.1) is 0 Å². The Morgan fingerprint density at radius 1 is 0.750 bits per heavy atom. The zero-order chi connectivity index (χ0) is 31.9. The second-order valence-electron chi connectivity index (χ2n) is 10.5.